The van der Waals surface area contributed by atoms with Crippen LogP contribution in [0, 0.1) is 12.7 Å². The van der Waals surface area contributed by atoms with E-state index in [0.717, 1.165) is 28.6 Å². The van der Waals surface area contributed by atoms with Crippen molar-refractivity contribution in [2.75, 3.05) is 13.2 Å². The van der Waals surface area contributed by atoms with Gasteiger partial charge in [0.15, 0.2) is 0 Å². The number of halogens is 1. The summed E-state index contributed by atoms with van der Waals surface area (Å²) in [4.78, 5) is 27.1. The van der Waals surface area contributed by atoms with Gasteiger partial charge in [-0.2, -0.15) is 0 Å². The number of carbonyl (C=O) groups is 2. The van der Waals surface area contributed by atoms with Crippen LogP contribution in [0.4, 0.5) is 9.18 Å². The van der Waals surface area contributed by atoms with E-state index in [1.165, 1.54) is 11.0 Å². The molecule has 0 bridgehead atoms. The Morgan fingerprint density at radius 3 is 2.50 bits per heavy atom. The van der Waals surface area contributed by atoms with Crippen molar-refractivity contribution in [2.24, 2.45) is 0 Å². The first-order valence-corrected chi connectivity index (χ1v) is 12.6. The Bertz CT molecular complexity index is 1300. The SMILES string of the molecule is Cc1ccc(C(C)C)c(OCCN2C(=O)S/C(=C\c3ccccc3OCc3ccccc3F)C2=O)c1. The van der Waals surface area contributed by atoms with Crippen molar-refractivity contribution >= 4 is 29.0 Å². The Hall–Kier alpha value is -3.58. The third-order valence-corrected chi connectivity index (χ3v) is 6.69. The van der Waals surface area contributed by atoms with E-state index in [2.05, 4.69) is 13.8 Å². The summed E-state index contributed by atoms with van der Waals surface area (Å²) in [6, 6.07) is 19.6. The van der Waals surface area contributed by atoms with Gasteiger partial charge >= 0.3 is 0 Å². The highest BCUT2D eigenvalue weighted by Crippen LogP contribution is 2.34. The first kappa shape index (κ1) is 25.5. The summed E-state index contributed by atoms with van der Waals surface area (Å²) in [5.41, 5.74) is 3.24. The van der Waals surface area contributed by atoms with Gasteiger partial charge in [-0.1, -0.05) is 62.4 Å². The molecule has 0 aliphatic carbocycles. The van der Waals surface area contributed by atoms with E-state index in [0.29, 0.717) is 27.7 Å². The number of aryl methyl sites for hydroxylation is 1. The summed E-state index contributed by atoms with van der Waals surface area (Å²) in [5.74, 6) is 0.849. The van der Waals surface area contributed by atoms with Gasteiger partial charge in [0.2, 0.25) is 0 Å². The Kier molecular flexibility index (Phi) is 8.10. The molecular formula is C29H28FNO4S. The first-order chi connectivity index (χ1) is 17.3. The number of hydrogen-bond donors (Lipinski definition) is 0. The van der Waals surface area contributed by atoms with Gasteiger partial charge in [0.05, 0.1) is 11.4 Å². The number of hydrogen-bond acceptors (Lipinski definition) is 5. The molecule has 3 aromatic carbocycles. The van der Waals surface area contributed by atoms with Crippen molar-refractivity contribution in [1.82, 2.24) is 4.90 Å². The molecule has 5 nitrogen and oxygen atoms in total. The molecular weight excluding hydrogens is 477 g/mol. The van der Waals surface area contributed by atoms with E-state index in [-0.39, 0.29) is 36.7 Å². The van der Waals surface area contributed by atoms with Crippen molar-refractivity contribution in [2.45, 2.75) is 33.3 Å². The first-order valence-electron chi connectivity index (χ1n) is 11.8. The minimum absolute atomic E-state index is 0.0493. The standard InChI is InChI=1S/C29H28FNO4S/c1-19(2)23-13-12-20(3)16-26(23)34-15-14-31-28(32)27(36-29(31)33)17-21-8-5-7-11-25(21)35-18-22-9-4-6-10-24(22)30/h4-13,16-17,19H,14-15,18H2,1-3H3/b27-17-. The fourth-order valence-corrected chi connectivity index (χ4v) is 4.68. The normalized spacial score (nSPS) is 14.7. The van der Waals surface area contributed by atoms with Crippen LogP contribution in [0.2, 0.25) is 0 Å². The van der Waals surface area contributed by atoms with E-state index >= 15 is 0 Å². The Morgan fingerprint density at radius 2 is 1.72 bits per heavy atom. The van der Waals surface area contributed by atoms with Crippen LogP contribution in [0.1, 0.15) is 42.0 Å². The molecule has 2 amide bonds. The second kappa shape index (κ2) is 11.4. The predicted octanol–water partition coefficient (Wildman–Crippen LogP) is 6.95. The smallest absolute Gasteiger partial charge is 0.293 e. The highest BCUT2D eigenvalue weighted by molar-refractivity contribution is 8.18. The van der Waals surface area contributed by atoms with Crippen molar-refractivity contribution < 1.29 is 23.5 Å². The molecule has 0 aromatic heterocycles. The van der Waals surface area contributed by atoms with E-state index in [1.807, 2.05) is 31.2 Å². The Labute approximate surface area is 214 Å². The van der Waals surface area contributed by atoms with E-state index < -0.39 is 0 Å². The largest absolute Gasteiger partial charge is 0.491 e. The van der Waals surface area contributed by atoms with E-state index in [9.17, 15) is 14.0 Å². The summed E-state index contributed by atoms with van der Waals surface area (Å²) in [6.45, 7) is 6.59. The molecule has 4 rings (SSSR count). The number of rotatable bonds is 9. The zero-order valence-corrected chi connectivity index (χ0v) is 21.3. The molecule has 7 heteroatoms. The molecule has 0 radical (unpaired) electrons. The third-order valence-electron chi connectivity index (χ3n) is 5.78. The van der Waals surface area contributed by atoms with Gasteiger partial charge in [-0.25, -0.2) is 4.39 Å². The number of benzene rings is 3. The molecule has 1 saturated heterocycles. The molecule has 1 aliphatic heterocycles. The molecule has 36 heavy (non-hydrogen) atoms. The van der Waals surface area contributed by atoms with Crippen molar-refractivity contribution in [3.05, 3.63) is 99.7 Å². The van der Waals surface area contributed by atoms with Gasteiger partial charge in [0.25, 0.3) is 11.1 Å². The lowest BCUT2D eigenvalue weighted by atomic mass is 10.0. The lowest BCUT2D eigenvalue weighted by molar-refractivity contribution is -0.123. The maximum atomic E-state index is 14.0. The highest BCUT2D eigenvalue weighted by atomic mass is 32.2. The number of ether oxygens (including phenoxy) is 2. The predicted molar refractivity (Wildman–Crippen MR) is 141 cm³/mol. The summed E-state index contributed by atoms with van der Waals surface area (Å²) in [5, 5.41) is -0.340. The van der Waals surface area contributed by atoms with Crippen LogP contribution < -0.4 is 9.47 Å². The zero-order chi connectivity index (χ0) is 25.7. The lowest BCUT2D eigenvalue weighted by Gasteiger charge is -2.17. The summed E-state index contributed by atoms with van der Waals surface area (Å²) < 4.78 is 25.8. The van der Waals surface area contributed by atoms with Crippen LogP contribution in [0.15, 0.2) is 71.6 Å². The van der Waals surface area contributed by atoms with E-state index in [4.69, 9.17) is 9.47 Å². The van der Waals surface area contributed by atoms with Crippen molar-refractivity contribution in [1.29, 1.82) is 0 Å². The molecule has 1 fully saturated rings. The molecule has 1 aliphatic rings. The average molecular weight is 506 g/mol. The topological polar surface area (TPSA) is 55.8 Å². The molecule has 3 aromatic rings. The minimum Gasteiger partial charge on any atom is -0.491 e. The third kappa shape index (κ3) is 5.97. The van der Waals surface area contributed by atoms with Crippen LogP contribution >= 0.6 is 11.8 Å². The molecule has 186 valence electrons. The maximum Gasteiger partial charge on any atom is 0.293 e. The zero-order valence-electron chi connectivity index (χ0n) is 20.5. The molecule has 0 unspecified atom stereocenters. The molecule has 0 saturated carbocycles. The molecule has 1 heterocycles. The number of imide groups is 1. The van der Waals surface area contributed by atoms with Gasteiger partial charge in [-0.05, 0) is 60.0 Å². The number of thioether (sulfide) groups is 1. The Balaban J connectivity index is 1.43. The quantitative estimate of drug-likeness (QED) is 0.295. The summed E-state index contributed by atoms with van der Waals surface area (Å²) >= 11 is 0.886. The lowest BCUT2D eigenvalue weighted by Crippen LogP contribution is -2.32. The summed E-state index contributed by atoms with van der Waals surface area (Å²) in [7, 11) is 0. The fraction of sp³-hybridized carbons (Fsp3) is 0.241. The van der Waals surface area contributed by atoms with Crippen LogP contribution in [-0.2, 0) is 11.4 Å². The van der Waals surface area contributed by atoms with Gasteiger partial charge in [0.1, 0.15) is 30.5 Å². The number of amides is 2. The van der Waals surface area contributed by atoms with Gasteiger partial charge in [-0.15, -0.1) is 0 Å². The maximum absolute atomic E-state index is 14.0. The van der Waals surface area contributed by atoms with Crippen LogP contribution in [0.3, 0.4) is 0 Å². The molecule has 0 atom stereocenters. The van der Waals surface area contributed by atoms with Gasteiger partial charge in [-0.3, -0.25) is 14.5 Å². The van der Waals surface area contributed by atoms with Crippen LogP contribution in [-0.4, -0.2) is 29.2 Å². The van der Waals surface area contributed by atoms with Gasteiger partial charge < -0.3 is 9.47 Å². The summed E-state index contributed by atoms with van der Waals surface area (Å²) in [6.07, 6.45) is 1.64. The number of nitrogens with zero attached hydrogens (tertiary/aromatic N) is 1. The fourth-order valence-electron chi connectivity index (χ4n) is 3.83. The monoisotopic (exact) mass is 505 g/mol. The second-order valence-corrected chi connectivity index (χ2v) is 9.79. The average Bonchev–Trinajstić information content (AvgIpc) is 3.11. The van der Waals surface area contributed by atoms with Crippen molar-refractivity contribution in [3.63, 3.8) is 0 Å². The van der Waals surface area contributed by atoms with Crippen LogP contribution in [0.25, 0.3) is 6.08 Å². The van der Waals surface area contributed by atoms with Crippen LogP contribution in [0.5, 0.6) is 11.5 Å². The second-order valence-electron chi connectivity index (χ2n) is 8.80. The number of para-hydroxylation sites is 1. The van der Waals surface area contributed by atoms with E-state index in [1.54, 1.807) is 42.5 Å². The Morgan fingerprint density at radius 1 is 0.972 bits per heavy atom. The van der Waals surface area contributed by atoms with Gasteiger partial charge in [0, 0.05) is 11.1 Å². The number of carbonyl (C=O) groups excluding carboxylic acids is 2. The molecule has 0 spiro atoms. The minimum atomic E-state index is -0.370. The molecule has 0 N–H and O–H groups in total. The highest BCUT2D eigenvalue weighted by Gasteiger charge is 2.35. The van der Waals surface area contributed by atoms with Crippen molar-refractivity contribution in [3.8, 4) is 11.5 Å².